The maximum Gasteiger partial charge on any atom is 0.253 e. The molecule has 0 radical (unpaired) electrons. The Morgan fingerprint density at radius 2 is 1.90 bits per heavy atom. The van der Waals surface area contributed by atoms with Gasteiger partial charge in [0.1, 0.15) is 5.69 Å². The number of halogens is 2. The lowest BCUT2D eigenvalue weighted by atomic mass is 10.0. The van der Waals surface area contributed by atoms with Crippen LogP contribution in [0.4, 0.5) is 10.3 Å². The third kappa shape index (κ3) is 5.96. The minimum absolute atomic E-state index is 0.0452. The summed E-state index contributed by atoms with van der Waals surface area (Å²) in [6.07, 6.45) is 8.67. The molecule has 2 heterocycles. The molecule has 0 bridgehead atoms. The van der Waals surface area contributed by atoms with E-state index in [4.69, 9.17) is 11.6 Å². The number of aromatic nitrogens is 5. The number of amides is 1. The minimum atomic E-state index is -0.551. The van der Waals surface area contributed by atoms with Crippen molar-refractivity contribution in [3.63, 3.8) is 0 Å². The molecule has 1 unspecified atom stereocenters. The highest BCUT2D eigenvalue weighted by atomic mass is 35.5. The Kier molecular flexibility index (Phi) is 7.67. The van der Waals surface area contributed by atoms with Crippen LogP contribution in [0.1, 0.15) is 36.5 Å². The van der Waals surface area contributed by atoms with Gasteiger partial charge < -0.3 is 10.6 Å². The molecule has 0 aliphatic rings. The Hall–Kier alpha value is -3.07. The number of nitrogens with zero attached hydrogens (tertiary/aromatic N) is 5. The Labute approximate surface area is 178 Å². The molecule has 30 heavy (non-hydrogen) atoms. The van der Waals surface area contributed by atoms with E-state index in [1.165, 1.54) is 24.5 Å². The molecule has 8 nitrogen and oxygen atoms in total. The second-order valence-corrected chi connectivity index (χ2v) is 7.33. The summed E-state index contributed by atoms with van der Waals surface area (Å²) in [5.74, 6) is 0.108. The zero-order chi connectivity index (χ0) is 21.3. The predicted octanol–water partition coefficient (Wildman–Crippen LogP) is 3.50. The van der Waals surface area contributed by atoms with Crippen molar-refractivity contribution in [1.29, 1.82) is 0 Å². The number of benzene rings is 1. The topological polar surface area (TPSA) is 97.6 Å². The molecule has 2 N–H and O–H groups in total. The van der Waals surface area contributed by atoms with Gasteiger partial charge in [-0.1, -0.05) is 24.6 Å². The predicted molar refractivity (Wildman–Crippen MR) is 112 cm³/mol. The first-order valence-corrected chi connectivity index (χ1v) is 10.1. The van der Waals surface area contributed by atoms with E-state index in [0.717, 1.165) is 30.6 Å². The van der Waals surface area contributed by atoms with Crippen LogP contribution in [-0.4, -0.2) is 44.0 Å². The third-order valence-corrected chi connectivity index (χ3v) is 4.75. The molecule has 0 fully saturated rings. The number of anilines is 1. The van der Waals surface area contributed by atoms with Crippen molar-refractivity contribution in [1.82, 2.24) is 30.3 Å². The van der Waals surface area contributed by atoms with Gasteiger partial charge in [0.2, 0.25) is 5.95 Å². The highest BCUT2D eigenvalue weighted by molar-refractivity contribution is 6.30. The van der Waals surface area contributed by atoms with Gasteiger partial charge in [-0.25, -0.2) is 14.4 Å². The van der Waals surface area contributed by atoms with Gasteiger partial charge in [-0.05, 0) is 37.3 Å². The third-order valence-electron chi connectivity index (χ3n) is 4.55. The summed E-state index contributed by atoms with van der Waals surface area (Å²) >= 11 is 5.76. The maximum absolute atomic E-state index is 14.2. The molecule has 10 heteroatoms. The van der Waals surface area contributed by atoms with Crippen molar-refractivity contribution in [3.05, 3.63) is 59.4 Å². The number of rotatable bonds is 10. The average molecular weight is 432 g/mol. The van der Waals surface area contributed by atoms with Gasteiger partial charge in [0.25, 0.3) is 5.91 Å². The van der Waals surface area contributed by atoms with Gasteiger partial charge in [0.05, 0.1) is 35.4 Å². The zero-order valence-electron chi connectivity index (χ0n) is 16.6. The van der Waals surface area contributed by atoms with E-state index in [1.807, 2.05) is 0 Å². The number of hydrogen-bond donors (Lipinski definition) is 2. The number of carbonyl (C=O) groups excluding carboxylic acids is 1. The van der Waals surface area contributed by atoms with Crippen LogP contribution in [0.25, 0.3) is 5.69 Å². The first kappa shape index (κ1) is 21.6. The van der Waals surface area contributed by atoms with Crippen LogP contribution in [0.5, 0.6) is 0 Å². The van der Waals surface area contributed by atoms with Crippen molar-refractivity contribution in [2.24, 2.45) is 5.92 Å². The smallest absolute Gasteiger partial charge is 0.253 e. The summed E-state index contributed by atoms with van der Waals surface area (Å²) in [5, 5.41) is 14.4. The Morgan fingerprint density at radius 1 is 1.17 bits per heavy atom. The van der Waals surface area contributed by atoms with E-state index in [1.54, 1.807) is 18.5 Å². The second kappa shape index (κ2) is 10.6. The number of para-hydroxylation sites is 1. The van der Waals surface area contributed by atoms with Crippen LogP contribution in [0.3, 0.4) is 0 Å². The molecule has 1 atom stereocenters. The van der Waals surface area contributed by atoms with Crippen LogP contribution >= 0.6 is 11.6 Å². The van der Waals surface area contributed by atoms with E-state index in [0.29, 0.717) is 23.4 Å². The molecule has 1 amide bonds. The lowest BCUT2D eigenvalue weighted by Gasteiger charge is -2.13. The van der Waals surface area contributed by atoms with Crippen LogP contribution in [0.15, 0.2) is 43.0 Å². The molecule has 1 aromatic carbocycles. The highest BCUT2D eigenvalue weighted by Crippen LogP contribution is 2.17. The molecule has 3 aromatic rings. The Balaban J connectivity index is 1.41. The normalized spacial score (nSPS) is 11.8. The van der Waals surface area contributed by atoms with Gasteiger partial charge in [-0.15, -0.1) is 4.80 Å². The average Bonchev–Trinajstić information content (AvgIpc) is 3.26. The quantitative estimate of drug-likeness (QED) is 0.477. The van der Waals surface area contributed by atoms with Crippen LogP contribution in [0.2, 0.25) is 5.02 Å². The van der Waals surface area contributed by atoms with Crippen LogP contribution in [-0.2, 0) is 0 Å². The summed E-state index contributed by atoms with van der Waals surface area (Å²) in [6.45, 7) is 3.40. The first-order chi connectivity index (χ1) is 14.5. The maximum atomic E-state index is 14.2. The van der Waals surface area contributed by atoms with Crippen molar-refractivity contribution in [2.45, 2.75) is 26.2 Å². The van der Waals surface area contributed by atoms with Gasteiger partial charge >= 0.3 is 0 Å². The highest BCUT2D eigenvalue weighted by Gasteiger charge is 2.17. The Bertz CT molecular complexity index is 950. The van der Waals surface area contributed by atoms with E-state index >= 15 is 0 Å². The fourth-order valence-corrected chi connectivity index (χ4v) is 3.06. The van der Waals surface area contributed by atoms with Crippen LogP contribution in [0, 0.1) is 11.7 Å². The lowest BCUT2D eigenvalue weighted by molar-refractivity contribution is 0.0951. The van der Waals surface area contributed by atoms with Gasteiger partial charge in [-0.2, -0.15) is 10.2 Å². The standard InChI is InChI=1S/C20H23ClFN7O/c1-14(7-9-24-20-25-12-15(21)13-26-20)4-3-8-23-19(30)16-5-2-6-17(22)18(16)29-27-10-11-28-29/h2,5-6,10-14H,3-4,7-9H2,1H3,(H,23,30)(H,24,25,26). The molecular weight excluding hydrogens is 409 g/mol. The number of carbonyl (C=O) groups is 1. The molecule has 158 valence electrons. The van der Waals surface area contributed by atoms with Crippen molar-refractivity contribution in [3.8, 4) is 5.69 Å². The van der Waals surface area contributed by atoms with Gasteiger partial charge in [0.15, 0.2) is 5.82 Å². The van der Waals surface area contributed by atoms with E-state index in [2.05, 4.69) is 37.7 Å². The molecule has 0 spiro atoms. The van der Waals surface area contributed by atoms with Crippen molar-refractivity contribution >= 4 is 23.5 Å². The van der Waals surface area contributed by atoms with Crippen molar-refractivity contribution in [2.75, 3.05) is 18.4 Å². The molecule has 0 aliphatic carbocycles. The fraction of sp³-hybridized carbons (Fsp3) is 0.350. The molecule has 2 aromatic heterocycles. The summed E-state index contributed by atoms with van der Waals surface area (Å²) in [7, 11) is 0. The molecule has 0 saturated carbocycles. The second-order valence-electron chi connectivity index (χ2n) is 6.90. The van der Waals surface area contributed by atoms with E-state index in [-0.39, 0.29) is 17.2 Å². The number of nitrogens with one attached hydrogen (secondary N) is 2. The van der Waals surface area contributed by atoms with Gasteiger partial charge in [-0.3, -0.25) is 4.79 Å². The summed E-state index contributed by atoms with van der Waals surface area (Å²) in [5.41, 5.74) is 0.246. The van der Waals surface area contributed by atoms with Crippen LogP contribution < -0.4 is 10.6 Å². The largest absolute Gasteiger partial charge is 0.354 e. The molecule has 0 saturated heterocycles. The van der Waals surface area contributed by atoms with Crippen molar-refractivity contribution < 1.29 is 9.18 Å². The summed E-state index contributed by atoms with van der Waals surface area (Å²) < 4.78 is 14.2. The monoisotopic (exact) mass is 431 g/mol. The summed E-state index contributed by atoms with van der Waals surface area (Å²) in [4.78, 5) is 21.8. The SMILES string of the molecule is CC(CCCNC(=O)c1cccc(F)c1-n1nccn1)CCNc1ncc(Cl)cn1. The number of hydrogen-bond acceptors (Lipinski definition) is 6. The fourth-order valence-electron chi connectivity index (χ4n) is 2.96. The molecule has 3 rings (SSSR count). The minimum Gasteiger partial charge on any atom is -0.354 e. The lowest BCUT2D eigenvalue weighted by Crippen LogP contribution is -2.26. The first-order valence-electron chi connectivity index (χ1n) is 9.69. The molecule has 0 aliphatic heterocycles. The van der Waals surface area contributed by atoms with E-state index < -0.39 is 5.82 Å². The van der Waals surface area contributed by atoms with E-state index in [9.17, 15) is 9.18 Å². The van der Waals surface area contributed by atoms with Gasteiger partial charge in [0, 0.05) is 13.1 Å². The zero-order valence-corrected chi connectivity index (χ0v) is 17.3. The molecular formula is C20H23ClFN7O. The Morgan fingerprint density at radius 3 is 2.63 bits per heavy atom. The summed E-state index contributed by atoms with van der Waals surface area (Å²) in [6, 6.07) is 4.33.